The number of hydrogen-bond donors (Lipinski definition) is 1. The van der Waals surface area contributed by atoms with Crippen LogP contribution in [0.5, 0.6) is 0 Å². The quantitative estimate of drug-likeness (QED) is 0.785. The van der Waals surface area contributed by atoms with Gasteiger partial charge in [0.05, 0.1) is 5.75 Å². The Kier molecular flexibility index (Phi) is 5.00. The van der Waals surface area contributed by atoms with Crippen LogP contribution in [0.15, 0.2) is 0 Å². The first-order valence-electron chi connectivity index (χ1n) is 7.02. The standard InChI is InChI=1S/C12H25N3O2S/c1-2-14-7-3-4-12(10-14)11-15-8-5-13-6-9-18(15,16)17/h12-13H,2-11H2,1H3. The van der Waals surface area contributed by atoms with Crippen LogP contribution in [-0.2, 0) is 10.0 Å². The fourth-order valence-corrected chi connectivity index (χ4v) is 4.35. The second kappa shape index (κ2) is 6.32. The molecule has 2 saturated heterocycles. The van der Waals surface area contributed by atoms with Gasteiger partial charge < -0.3 is 10.2 Å². The van der Waals surface area contributed by atoms with Crippen molar-refractivity contribution in [1.82, 2.24) is 14.5 Å². The molecule has 0 aromatic heterocycles. The molecule has 18 heavy (non-hydrogen) atoms. The molecule has 5 nitrogen and oxygen atoms in total. The van der Waals surface area contributed by atoms with Gasteiger partial charge in [0.15, 0.2) is 0 Å². The van der Waals surface area contributed by atoms with E-state index in [1.54, 1.807) is 4.31 Å². The van der Waals surface area contributed by atoms with Gasteiger partial charge in [-0.25, -0.2) is 12.7 Å². The summed E-state index contributed by atoms with van der Waals surface area (Å²) in [4.78, 5) is 2.43. The lowest BCUT2D eigenvalue weighted by molar-refractivity contribution is 0.164. The van der Waals surface area contributed by atoms with E-state index in [1.165, 1.54) is 13.0 Å². The summed E-state index contributed by atoms with van der Waals surface area (Å²) in [5, 5.41) is 3.16. The summed E-state index contributed by atoms with van der Waals surface area (Å²) in [6.07, 6.45) is 2.36. The molecular formula is C12H25N3O2S. The molecule has 0 spiro atoms. The Bertz CT molecular complexity index is 358. The number of hydrogen-bond acceptors (Lipinski definition) is 4. The van der Waals surface area contributed by atoms with Gasteiger partial charge in [-0.05, 0) is 31.8 Å². The Labute approximate surface area is 111 Å². The number of likely N-dealkylation sites (tertiary alicyclic amines) is 1. The zero-order chi connectivity index (χ0) is 13.0. The van der Waals surface area contributed by atoms with E-state index in [4.69, 9.17) is 0 Å². The van der Waals surface area contributed by atoms with E-state index in [-0.39, 0.29) is 5.75 Å². The lowest BCUT2D eigenvalue weighted by Crippen LogP contribution is -2.43. The van der Waals surface area contributed by atoms with Crippen LogP contribution in [-0.4, -0.2) is 69.2 Å². The highest BCUT2D eigenvalue weighted by atomic mass is 32.2. The van der Waals surface area contributed by atoms with Crippen molar-refractivity contribution in [3.63, 3.8) is 0 Å². The summed E-state index contributed by atoms with van der Waals surface area (Å²) >= 11 is 0. The van der Waals surface area contributed by atoms with Gasteiger partial charge in [-0.2, -0.15) is 0 Å². The molecule has 0 radical (unpaired) electrons. The van der Waals surface area contributed by atoms with E-state index in [2.05, 4.69) is 17.1 Å². The third-order valence-electron chi connectivity index (χ3n) is 3.98. The van der Waals surface area contributed by atoms with Crippen molar-refractivity contribution < 1.29 is 8.42 Å². The molecular weight excluding hydrogens is 250 g/mol. The monoisotopic (exact) mass is 275 g/mol. The Morgan fingerprint density at radius 3 is 2.89 bits per heavy atom. The molecule has 0 aliphatic carbocycles. The number of rotatable bonds is 3. The molecule has 2 aliphatic rings. The first-order chi connectivity index (χ1) is 8.62. The van der Waals surface area contributed by atoms with Gasteiger partial charge in [0, 0.05) is 32.7 Å². The van der Waals surface area contributed by atoms with Crippen LogP contribution in [0.1, 0.15) is 19.8 Å². The molecule has 106 valence electrons. The topological polar surface area (TPSA) is 52.6 Å². The smallest absolute Gasteiger partial charge is 0.215 e. The van der Waals surface area contributed by atoms with Crippen LogP contribution in [0.25, 0.3) is 0 Å². The van der Waals surface area contributed by atoms with Gasteiger partial charge in [-0.3, -0.25) is 0 Å². The zero-order valence-electron chi connectivity index (χ0n) is 11.3. The largest absolute Gasteiger partial charge is 0.314 e. The lowest BCUT2D eigenvalue weighted by atomic mass is 9.98. The molecule has 1 unspecified atom stereocenters. The summed E-state index contributed by atoms with van der Waals surface area (Å²) in [5.41, 5.74) is 0. The van der Waals surface area contributed by atoms with E-state index < -0.39 is 10.0 Å². The van der Waals surface area contributed by atoms with Gasteiger partial charge >= 0.3 is 0 Å². The maximum Gasteiger partial charge on any atom is 0.215 e. The minimum absolute atomic E-state index is 0.247. The Balaban J connectivity index is 1.94. The van der Waals surface area contributed by atoms with Crippen LogP contribution in [0, 0.1) is 5.92 Å². The molecule has 1 atom stereocenters. The number of nitrogens with zero attached hydrogens (tertiary/aromatic N) is 2. The first kappa shape index (κ1) is 14.2. The first-order valence-corrected chi connectivity index (χ1v) is 8.63. The van der Waals surface area contributed by atoms with Crippen LogP contribution in [0.2, 0.25) is 0 Å². The minimum Gasteiger partial charge on any atom is -0.314 e. The molecule has 1 N–H and O–H groups in total. The molecule has 0 bridgehead atoms. The molecule has 0 aromatic carbocycles. The van der Waals surface area contributed by atoms with Crippen molar-refractivity contribution >= 4 is 10.0 Å². The summed E-state index contributed by atoms with van der Waals surface area (Å²) in [6, 6.07) is 0. The van der Waals surface area contributed by atoms with Crippen molar-refractivity contribution in [2.24, 2.45) is 5.92 Å². The predicted octanol–water partition coefficient (Wildman–Crippen LogP) is -0.0467. The number of sulfonamides is 1. The molecule has 2 rings (SSSR count). The van der Waals surface area contributed by atoms with Crippen molar-refractivity contribution in [2.75, 3.05) is 51.6 Å². The van der Waals surface area contributed by atoms with Crippen molar-refractivity contribution in [3.05, 3.63) is 0 Å². The molecule has 2 fully saturated rings. The third kappa shape index (κ3) is 3.66. The minimum atomic E-state index is -3.03. The summed E-state index contributed by atoms with van der Waals surface area (Å²) in [7, 11) is -3.03. The normalized spacial score (nSPS) is 31.1. The van der Waals surface area contributed by atoms with E-state index in [9.17, 15) is 8.42 Å². The summed E-state index contributed by atoms with van der Waals surface area (Å²) in [6.45, 7) is 8.18. The highest BCUT2D eigenvalue weighted by molar-refractivity contribution is 7.89. The van der Waals surface area contributed by atoms with Gasteiger partial charge in [0.1, 0.15) is 0 Å². The maximum absolute atomic E-state index is 12.1. The number of piperidine rings is 1. The third-order valence-corrected chi connectivity index (χ3v) is 5.82. The second-order valence-electron chi connectivity index (χ2n) is 5.33. The van der Waals surface area contributed by atoms with Crippen LogP contribution in [0.4, 0.5) is 0 Å². The summed E-state index contributed by atoms with van der Waals surface area (Å²) in [5.74, 6) is 0.753. The van der Waals surface area contributed by atoms with Crippen LogP contribution < -0.4 is 5.32 Å². The van der Waals surface area contributed by atoms with Crippen LogP contribution in [0.3, 0.4) is 0 Å². The number of nitrogens with one attached hydrogen (secondary N) is 1. The zero-order valence-corrected chi connectivity index (χ0v) is 12.1. The van der Waals surface area contributed by atoms with E-state index in [0.29, 0.717) is 25.6 Å². The van der Waals surface area contributed by atoms with Crippen molar-refractivity contribution in [2.45, 2.75) is 19.8 Å². The van der Waals surface area contributed by atoms with Gasteiger partial charge in [-0.15, -0.1) is 0 Å². The lowest BCUT2D eigenvalue weighted by Gasteiger charge is -2.34. The fourth-order valence-electron chi connectivity index (χ4n) is 2.88. The van der Waals surface area contributed by atoms with E-state index >= 15 is 0 Å². The van der Waals surface area contributed by atoms with E-state index in [0.717, 1.165) is 26.1 Å². The second-order valence-corrected chi connectivity index (χ2v) is 7.41. The maximum atomic E-state index is 12.1. The molecule has 6 heteroatoms. The van der Waals surface area contributed by atoms with Gasteiger partial charge in [0.25, 0.3) is 0 Å². The Morgan fingerprint density at radius 2 is 2.11 bits per heavy atom. The van der Waals surface area contributed by atoms with Crippen molar-refractivity contribution in [1.29, 1.82) is 0 Å². The molecule has 2 aliphatic heterocycles. The fraction of sp³-hybridized carbons (Fsp3) is 1.00. The average molecular weight is 275 g/mol. The highest BCUT2D eigenvalue weighted by Gasteiger charge is 2.28. The Morgan fingerprint density at radius 1 is 1.28 bits per heavy atom. The molecule has 0 aromatic rings. The van der Waals surface area contributed by atoms with E-state index in [1.807, 2.05) is 0 Å². The molecule has 2 heterocycles. The predicted molar refractivity (Wildman–Crippen MR) is 73.1 cm³/mol. The molecule has 0 amide bonds. The SMILES string of the molecule is CCN1CCCC(CN2CCNCCS2(=O)=O)C1. The average Bonchev–Trinajstić information content (AvgIpc) is 2.52. The summed E-state index contributed by atoms with van der Waals surface area (Å²) < 4.78 is 25.9. The molecule has 0 saturated carbocycles. The van der Waals surface area contributed by atoms with Gasteiger partial charge in [0.2, 0.25) is 10.0 Å². The van der Waals surface area contributed by atoms with Crippen LogP contribution >= 0.6 is 0 Å². The Hall–Kier alpha value is -0.170. The van der Waals surface area contributed by atoms with Gasteiger partial charge in [-0.1, -0.05) is 6.92 Å². The van der Waals surface area contributed by atoms with Crippen molar-refractivity contribution in [3.8, 4) is 0 Å². The highest BCUT2D eigenvalue weighted by Crippen LogP contribution is 2.19.